The summed E-state index contributed by atoms with van der Waals surface area (Å²) in [6.07, 6.45) is 1.05. The van der Waals surface area contributed by atoms with Gasteiger partial charge >= 0.3 is 6.03 Å². The number of carbonyl (C=O) groups is 1. The molecule has 0 aliphatic carbocycles. The second kappa shape index (κ2) is 3.28. The Bertz CT molecular complexity index is 148. The molecule has 2 aliphatic rings. The monoisotopic (exact) mass is 177 g/mol. The largest absolute Gasteiger partial charge is 0.333 e. The van der Waals surface area contributed by atoms with Crippen LogP contribution in [0.3, 0.4) is 0 Å². The zero-order chi connectivity index (χ0) is 6.97. The van der Waals surface area contributed by atoms with Crippen molar-refractivity contribution in [3.8, 4) is 0 Å². The summed E-state index contributed by atoms with van der Waals surface area (Å²) in [6, 6.07) is 0.675. The van der Waals surface area contributed by atoms with E-state index in [0.717, 1.165) is 19.5 Å². The summed E-state index contributed by atoms with van der Waals surface area (Å²) in [5.41, 5.74) is 0. The fourth-order valence-electron chi connectivity index (χ4n) is 1.56. The van der Waals surface area contributed by atoms with Crippen molar-refractivity contribution in [2.75, 3.05) is 13.1 Å². The van der Waals surface area contributed by atoms with Crippen LogP contribution < -0.4 is 16.0 Å². The lowest BCUT2D eigenvalue weighted by Crippen LogP contribution is -2.48. The predicted octanol–water partition coefficient (Wildman–Crippen LogP) is -0.549. The van der Waals surface area contributed by atoms with Crippen molar-refractivity contribution in [2.45, 2.75) is 18.5 Å². The Hall–Kier alpha value is -0.480. The molecule has 0 saturated carbocycles. The molecule has 3 N–H and O–H groups in total. The number of halogens is 1. The third-order valence-electron chi connectivity index (χ3n) is 2.12. The van der Waals surface area contributed by atoms with E-state index in [2.05, 4.69) is 16.0 Å². The third kappa shape index (κ3) is 1.57. The van der Waals surface area contributed by atoms with Gasteiger partial charge in [0, 0.05) is 6.54 Å². The van der Waals surface area contributed by atoms with E-state index < -0.39 is 0 Å². The lowest BCUT2D eigenvalue weighted by atomic mass is 10.0. The van der Waals surface area contributed by atoms with Crippen LogP contribution in [0.15, 0.2) is 0 Å². The van der Waals surface area contributed by atoms with E-state index in [9.17, 15) is 4.79 Å². The van der Waals surface area contributed by atoms with Gasteiger partial charge in [-0.15, -0.1) is 12.4 Å². The molecule has 64 valence electrons. The van der Waals surface area contributed by atoms with Gasteiger partial charge in [0.05, 0.1) is 12.1 Å². The molecule has 0 aromatic heterocycles. The van der Waals surface area contributed by atoms with Gasteiger partial charge in [0.25, 0.3) is 0 Å². The Labute approximate surface area is 71.5 Å². The molecule has 2 heterocycles. The molecule has 2 amide bonds. The van der Waals surface area contributed by atoms with Crippen LogP contribution in [-0.4, -0.2) is 31.2 Å². The molecule has 2 fully saturated rings. The average Bonchev–Trinajstić information content (AvgIpc) is 2.27. The molecule has 4 nitrogen and oxygen atoms in total. The molecule has 2 saturated heterocycles. The molecular weight excluding hydrogens is 166 g/mol. The van der Waals surface area contributed by atoms with Crippen LogP contribution in [0.1, 0.15) is 6.42 Å². The Morgan fingerprint density at radius 3 is 2.73 bits per heavy atom. The lowest BCUT2D eigenvalue weighted by molar-refractivity contribution is 0.247. The zero-order valence-electron chi connectivity index (χ0n) is 6.09. The summed E-state index contributed by atoms with van der Waals surface area (Å²) in [5, 5.41) is 8.93. The van der Waals surface area contributed by atoms with Crippen molar-refractivity contribution in [3.63, 3.8) is 0 Å². The molecule has 2 atom stereocenters. The first kappa shape index (κ1) is 8.62. The Morgan fingerprint density at radius 2 is 2.00 bits per heavy atom. The van der Waals surface area contributed by atoms with Gasteiger partial charge in [0.2, 0.25) is 0 Å². The first-order chi connectivity index (χ1) is 4.86. The van der Waals surface area contributed by atoms with E-state index in [1.807, 2.05) is 0 Å². The van der Waals surface area contributed by atoms with Crippen molar-refractivity contribution >= 4 is 18.4 Å². The number of hydrogen-bond donors (Lipinski definition) is 3. The molecule has 0 spiro atoms. The Morgan fingerprint density at radius 1 is 1.27 bits per heavy atom. The van der Waals surface area contributed by atoms with Crippen LogP contribution in [0.2, 0.25) is 0 Å². The third-order valence-corrected chi connectivity index (χ3v) is 2.12. The molecule has 2 unspecified atom stereocenters. The van der Waals surface area contributed by atoms with Crippen LogP contribution in [0, 0.1) is 0 Å². The minimum atomic E-state index is -0.0151. The van der Waals surface area contributed by atoms with Gasteiger partial charge in [-0.05, 0) is 13.0 Å². The SMILES string of the molecule is Cl.O=C1NC2CCNCC2N1. The van der Waals surface area contributed by atoms with E-state index in [1.54, 1.807) is 0 Å². The van der Waals surface area contributed by atoms with Gasteiger partial charge in [-0.25, -0.2) is 4.79 Å². The van der Waals surface area contributed by atoms with E-state index in [0.29, 0.717) is 12.1 Å². The van der Waals surface area contributed by atoms with Crippen LogP contribution >= 0.6 is 12.4 Å². The first-order valence-corrected chi connectivity index (χ1v) is 3.64. The van der Waals surface area contributed by atoms with Gasteiger partial charge < -0.3 is 16.0 Å². The van der Waals surface area contributed by atoms with Crippen molar-refractivity contribution in [1.82, 2.24) is 16.0 Å². The van der Waals surface area contributed by atoms with Crippen LogP contribution in [0.4, 0.5) is 4.79 Å². The highest BCUT2D eigenvalue weighted by molar-refractivity contribution is 5.85. The molecule has 5 heteroatoms. The lowest BCUT2D eigenvalue weighted by Gasteiger charge is -2.23. The summed E-state index contributed by atoms with van der Waals surface area (Å²) in [4.78, 5) is 10.8. The van der Waals surface area contributed by atoms with Crippen LogP contribution in [-0.2, 0) is 0 Å². The summed E-state index contributed by atoms with van der Waals surface area (Å²) >= 11 is 0. The van der Waals surface area contributed by atoms with Crippen molar-refractivity contribution in [3.05, 3.63) is 0 Å². The molecule has 0 bridgehead atoms. The van der Waals surface area contributed by atoms with Crippen LogP contribution in [0.5, 0.6) is 0 Å². The van der Waals surface area contributed by atoms with Gasteiger partial charge in [0.15, 0.2) is 0 Å². The Balaban J connectivity index is 0.000000605. The number of amides is 2. The van der Waals surface area contributed by atoms with E-state index in [1.165, 1.54) is 0 Å². The minimum absolute atomic E-state index is 0. The Kier molecular flexibility index (Phi) is 2.57. The summed E-state index contributed by atoms with van der Waals surface area (Å²) in [6.45, 7) is 1.92. The topological polar surface area (TPSA) is 53.2 Å². The summed E-state index contributed by atoms with van der Waals surface area (Å²) < 4.78 is 0. The van der Waals surface area contributed by atoms with Crippen molar-refractivity contribution in [2.24, 2.45) is 0 Å². The normalized spacial score (nSPS) is 34.7. The standard InChI is InChI=1S/C6H11N3O.ClH/c10-6-8-4-1-2-7-3-5(4)9-6;/h4-5,7H,1-3H2,(H2,8,9,10);1H. The zero-order valence-corrected chi connectivity index (χ0v) is 6.91. The highest BCUT2D eigenvalue weighted by Gasteiger charge is 2.32. The van der Waals surface area contributed by atoms with E-state index in [4.69, 9.17) is 0 Å². The first-order valence-electron chi connectivity index (χ1n) is 3.64. The molecular formula is C6H12ClN3O. The quantitative estimate of drug-likeness (QED) is 0.465. The number of fused-ring (bicyclic) bond motifs is 1. The van der Waals surface area contributed by atoms with Gasteiger partial charge in [-0.1, -0.05) is 0 Å². The number of rotatable bonds is 0. The van der Waals surface area contributed by atoms with Crippen molar-refractivity contribution < 1.29 is 4.79 Å². The highest BCUT2D eigenvalue weighted by Crippen LogP contribution is 2.07. The highest BCUT2D eigenvalue weighted by atomic mass is 35.5. The predicted molar refractivity (Wildman–Crippen MR) is 44.0 cm³/mol. The maximum Gasteiger partial charge on any atom is 0.315 e. The minimum Gasteiger partial charge on any atom is -0.333 e. The average molecular weight is 178 g/mol. The number of urea groups is 1. The number of hydrogen-bond acceptors (Lipinski definition) is 2. The number of nitrogens with one attached hydrogen (secondary N) is 3. The second-order valence-electron chi connectivity index (χ2n) is 2.82. The summed E-state index contributed by atoms with van der Waals surface area (Å²) in [5.74, 6) is 0. The van der Waals surface area contributed by atoms with Gasteiger partial charge in [0.1, 0.15) is 0 Å². The van der Waals surface area contributed by atoms with E-state index in [-0.39, 0.29) is 18.4 Å². The van der Waals surface area contributed by atoms with Gasteiger partial charge in [-0.3, -0.25) is 0 Å². The summed E-state index contributed by atoms with van der Waals surface area (Å²) in [7, 11) is 0. The molecule has 2 aliphatic heterocycles. The molecule has 0 radical (unpaired) electrons. The second-order valence-corrected chi connectivity index (χ2v) is 2.82. The van der Waals surface area contributed by atoms with Gasteiger partial charge in [-0.2, -0.15) is 0 Å². The molecule has 2 rings (SSSR count). The van der Waals surface area contributed by atoms with Crippen LogP contribution in [0.25, 0.3) is 0 Å². The number of carbonyl (C=O) groups excluding carboxylic acids is 1. The maximum absolute atomic E-state index is 10.8. The fraction of sp³-hybridized carbons (Fsp3) is 0.833. The van der Waals surface area contributed by atoms with Crippen molar-refractivity contribution in [1.29, 1.82) is 0 Å². The smallest absolute Gasteiger partial charge is 0.315 e. The molecule has 0 aromatic carbocycles. The van der Waals surface area contributed by atoms with E-state index >= 15 is 0 Å². The fourth-order valence-corrected chi connectivity index (χ4v) is 1.56. The molecule has 11 heavy (non-hydrogen) atoms. The molecule has 0 aromatic rings. The number of piperidine rings is 1. The maximum atomic E-state index is 10.8.